The Morgan fingerprint density at radius 1 is 1.16 bits per heavy atom. The summed E-state index contributed by atoms with van der Waals surface area (Å²) in [5, 5.41) is 0. The number of benzene rings is 1. The van der Waals surface area contributed by atoms with Crippen molar-refractivity contribution in [3.63, 3.8) is 0 Å². The van der Waals surface area contributed by atoms with Crippen LogP contribution >= 0.6 is 7.82 Å². The number of phosphoric ester groups is 1. The van der Waals surface area contributed by atoms with E-state index in [1.54, 1.807) is 6.07 Å². The van der Waals surface area contributed by atoms with Gasteiger partial charge in [-0.1, -0.05) is 39.8 Å². The van der Waals surface area contributed by atoms with E-state index in [0.29, 0.717) is 5.92 Å². The molecule has 0 heterocycles. The lowest BCUT2D eigenvalue weighted by Gasteiger charge is -2.19. The molecule has 0 radical (unpaired) electrons. The molecule has 2 unspecified atom stereocenters. The highest BCUT2D eigenvalue weighted by Gasteiger charge is 2.21. The fourth-order valence-corrected chi connectivity index (χ4v) is 2.35. The maximum Gasteiger partial charge on any atom is 0.524 e. The fourth-order valence-electron chi connectivity index (χ4n) is 1.93. The Labute approximate surface area is 115 Å². The van der Waals surface area contributed by atoms with Crippen molar-refractivity contribution < 1.29 is 18.9 Å². The highest BCUT2D eigenvalue weighted by atomic mass is 31.2. The molecule has 5 heteroatoms. The minimum atomic E-state index is -4.51. The lowest BCUT2D eigenvalue weighted by atomic mass is 9.91. The average Bonchev–Trinajstić information content (AvgIpc) is 2.35. The number of rotatable bonds is 6. The molecule has 1 aromatic carbocycles. The van der Waals surface area contributed by atoms with E-state index in [1.807, 2.05) is 26.0 Å². The standard InChI is InChI=1S/C14H23O4P/c1-5-10(3)12-7-8-14(18-19(15,16)17)13(9-12)11(4)6-2/h7-11H,5-6H2,1-4H3,(H2,15,16,17). The second-order valence-electron chi connectivity index (χ2n) is 5.00. The van der Waals surface area contributed by atoms with Crippen molar-refractivity contribution >= 4 is 7.82 Å². The van der Waals surface area contributed by atoms with Crippen LogP contribution in [0.4, 0.5) is 0 Å². The molecular weight excluding hydrogens is 263 g/mol. The van der Waals surface area contributed by atoms with Gasteiger partial charge in [-0.25, -0.2) is 4.57 Å². The number of hydrogen-bond donors (Lipinski definition) is 2. The topological polar surface area (TPSA) is 66.8 Å². The van der Waals surface area contributed by atoms with Gasteiger partial charge in [-0.05, 0) is 41.9 Å². The minimum absolute atomic E-state index is 0.200. The monoisotopic (exact) mass is 286 g/mol. The van der Waals surface area contributed by atoms with Crippen LogP contribution in [-0.4, -0.2) is 9.79 Å². The molecule has 4 nitrogen and oxygen atoms in total. The quantitative estimate of drug-likeness (QED) is 0.770. The molecule has 1 aromatic rings. The summed E-state index contributed by atoms with van der Waals surface area (Å²) in [6.07, 6.45) is 1.92. The first-order chi connectivity index (χ1) is 8.78. The first kappa shape index (κ1) is 16.2. The Balaban J connectivity index is 3.20. The zero-order chi connectivity index (χ0) is 14.6. The van der Waals surface area contributed by atoms with Crippen LogP contribution in [0.25, 0.3) is 0 Å². The third-order valence-corrected chi connectivity index (χ3v) is 4.01. The molecule has 0 spiro atoms. The smallest absolute Gasteiger partial charge is 0.404 e. The van der Waals surface area contributed by atoms with E-state index in [2.05, 4.69) is 13.8 Å². The van der Waals surface area contributed by atoms with Gasteiger partial charge in [-0.2, -0.15) is 0 Å². The van der Waals surface area contributed by atoms with E-state index in [0.717, 1.165) is 18.4 Å². The van der Waals surface area contributed by atoms with Gasteiger partial charge in [0.1, 0.15) is 5.75 Å². The summed E-state index contributed by atoms with van der Waals surface area (Å²) in [6.45, 7) is 8.33. The molecule has 1 rings (SSSR count). The molecule has 2 N–H and O–H groups in total. The molecule has 0 amide bonds. The normalized spacial score (nSPS) is 15.1. The Morgan fingerprint density at radius 2 is 1.74 bits per heavy atom. The van der Waals surface area contributed by atoms with Crippen LogP contribution in [0.15, 0.2) is 18.2 Å². The molecule has 0 bridgehead atoms. The van der Waals surface area contributed by atoms with Gasteiger partial charge in [-0.3, -0.25) is 9.79 Å². The highest BCUT2D eigenvalue weighted by Crippen LogP contribution is 2.42. The summed E-state index contributed by atoms with van der Waals surface area (Å²) < 4.78 is 15.8. The van der Waals surface area contributed by atoms with E-state index in [9.17, 15) is 4.57 Å². The lowest BCUT2D eigenvalue weighted by molar-refractivity contribution is 0.281. The molecule has 0 aliphatic heterocycles. The summed E-state index contributed by atoms with van der Waals surface area (Å²) in [5.41, 5.74) is 2.04. The molecule has 19 heavy (non-hydrogen) atoms. The zero-order valence-corrected chi connectivity index (χ0v) is 12.9. The Kier molecular flexibility index (Phi) is 5.60. The minimum Gasteiger partial charge on any atom is -0.404 e. The fraction of sp³-hybridized carbons (Fsp3) is 0.571. The molecule has 108 valence electrons. The molecule has 0 aliphatic carbocycles. The van der Waals surface area contributed by atoms with Crippen molar-refractivity contribution in [2.75, 3.05) is 0 Å². The summed E-state index contributed by atoms with van der Waals surface area (Å²) >= 11 is 0. The van der Waals surface area contributed by atoms with E-state index in [-0.39, 0.29) is 11.7 Å². The summed E-state index contributed by atoms with van der Waals surface area (Å²) in [6, 6.07) is 5.56. The van der Waals surface area contributed by atoms with Gasteiger partial charge in [-0.15, -0.1) is 0 Å². The van der Waals surface area contributed by atoms with Gasteiger partial charge in [0, 0.05) is 0 Å². The largest absolute Gasteiger partial charge is 0.524 e. The van der Waals surface area contributed by atoms with Crippen LogP contribution in [0.2, 0.25) is 0 Å². The van der Waals surface area contributed by atoms with Crippen molar-refractivity contribution in [2.45, 2.75) is 52.4 Å². The second-order valence-corrected chi connectivity index (χ2v) is 6.16. The van der Waals surface area contributed by atoms with Crippen LogP contribution in [0.3, 0.4) is 0 Å². The van der Waals surface area contributed by atoms with E-state index in [4.69, 9.17) is 14.3 Å². The van der Waals surface area contributed by atoms with E-state index in [1.165, 1.54) is 5.56 Å². The van der Waals surface area contributed by atoms with Crippen molar-refractivity contribution in [1.29, 1.82) is 0 Å². The Morgan fingerprint density at radius 3 is 2.21 bits per heavy atom. The predicted octanol–water partition coefficient (Wildman–Crippen LogP) is 4.19. The number of phosphoric acid groups is 1. The molecule has 0 aliphatic rings. The predicted molar refractivity (Wildman–Crippen MR) is 76.5 cm³/mol. The SMILES string of the molecule is CCC(C)c1ccc(OP(=O)(O)O)c(C(C)CC)c1. The molecule has 0 fully saturated rings. The Bertz CT molecular complexity index is 467. The highest BCUT2D eigenvalue weighted by molar-refractivity contribution is 7.46. The maximum atomic E-state index is 11.0. The van der Waals surface area contributed by atoms with Crippen molar-refractivity contribution in [1.82, 2.24) is 0 Å². The van der Waals surface area contributed by atoms with Crippen LogP contribution in [-0.2, 0) is 4.57 Å². The average molecular weight is 286 g/mol. The van der Waals surface area contributed by atoms with Gasteiger partial charge in [0.25, 0.3) is 0 Å². The van der Waals surface area contributed by atoms with Gasteiger partial charge in [0.05, 0.1) is 0 Å². The van der Waals surface area contributed by atoms with Gasteiger partial charge in [0.2, 0.25) is 0 Å². The van der Waals surface area contributed by atoms with Crippen LogP contribution in [0, 0.1) is 0 Å². The molecular formula is C14H23O4P. The number of hydrogen-bond acceptors (Lipinski definition) is 2. The second kappa shape index (κ2) is 6.56. The van der Waals surface area contributed by atoms with Crippen LogP contribution < -0.4 is 4.52 Å². The zero-order valence-electron chi connectivity index (χ0n) is 12.0. The molecule has 0 saturated heterocycles. The van der Waals surface area contributed by atoms with Crippen molar-refractivity contribution in [2.24, 2.45) is 0 Å². The third-order valence-electron chi connectivity index (χ3n) is 3.58. The molecule has 0 saturated carbocycles. The van der Waals surface area contributed by atoms with E-state index < -0.39 is 7.82 Å². The van der Waals surface area contributed by atoms with Crippen molar-refractivity contribution in [3.8, 4) is 5.75 Å². The molecule has 2 atom stereocenters. The maximum absolute atomic E-state index is 11.0. The van der Waals surface area contributed by atoms with Gasteiger partial charge < -0.3 is 4.52 Å². The van der Waals surface area contributed by atoms with Gasteiger partial charge in [0.15, 0.2) is 0 Å². The third kappa shape index (κ3) is 4.64. The Hall–Kier alpha value is -0.830. The summed E-state index contributed by atoms with van der Waals surface area (Å²) in [5.74, 6) is 0.909. The summed E-state index contributed by atoms with van der Waals surface area (Å²) in [7, 11) is -4.51. The first-order valence-electron chi connectivity index (χ1n) is 6.67. The first-order valence-corrected chi connectivity index (χ1v) is 8.20. The summed E-state index contributed by atoms with van der Waals surface area (Å²) in [4.78, 5) is 17.9. The van der Waals surface area contributed by atoms with Crippen LogP contribution in [0.5, 0.6) is 5.75 Å². The molecule has 0 aromatic heterocycles. The lowest BCUT2D eigenvalue weighted by Crippen LogP contribution is -2.01. The van der Waals surface area contributed by atoms with Crippen LogP contribution in [0.1, 0.15) is 63.5 Å². The van der Waals surface area contributed by atoms with Crippen molar-refractivity contribution in [3.05, 3.63) is 29.3 Å². The van der Waals surface area contributed by atoms with E-state index >= 15 is 0 Å². The van der Waals surface area contributed by atoms with Gasteiger partial charge >= 0.3 is 7.82 Å².